The number of rotatable bonds is 7. The molecule has 1 N–H and O–H groups in total. The van der Waals surface area contributed by atoms with Gasteiger partial charge in [-0.1, -0.05) is 19.1 Å². The minimum absolute atomic E-state index is 0.0266. The fourth-order valence-electron chi connectivity index (χ4n) is 6.30. The molecule has 4 fully saturated rings. The van der Waals surface area contributed by atoms with Crippen molar-refractivity contribution in [3.8, 4) is 0 Å². The predicted octanol–water partition coefficient (Wildman–Crippen LogP) is 1.93. The number of hydrogen-bond acceptors (Lipinski definition) is 6. The van der Waals surface area contributed by atoms with Gasteiger partial charge in [-0.15, -0.1) is 0 Å². The van der Waals surface area contributed by atoms with Crippen LogP contribution in [0.3, 0.4) is 0 Å². The van der Waals surface area contributed by atoms with Crippen LogP contribution in [-0.4, -0.2) is 86.1 Å². The van der Waals surface area contributed by atoms with Crippen LogP contribution >= 0.6 is 0 Å². The number of fused-ring (bicyclic) bond motifs is 2. The van der Waals surface area contributed by atoms with Gasteiger partial charge in [0.2, 0.25) is 0 Å². The number of ether oxygens (including phenoxy) is 2. The summed E-state index contributed by atoms with van der Waals surface area (Å²) in [6, 6.07) is 0. The SMILES string of the molecule is C=C1CCC[C@]2(C)C[C@H]3OC(=O)[C@H](CN4CCN(CCOCCO)CC4)[C@H]3C[C@@H]12. The maximum atomic E-state index is 12.8. The van der Waals surface area contributed by atoms with E-state index in [1.807, 2.05) is 0 Å². The summed E-state index contributed by atoms with van der Waals surface area (Å²) in [5, 5.41) is 8.78. The third-order valence-corrected chi connectivity index (χ3v) is 8.03. The molecule has 5 atom stereocenters. The van der Waals surface area contributed by atoms with Gasteiger partial charge in [0, 0.05) is 45.2 Å². The second kappa shape index (κ2) is 9.04. The van der Waals surface area contributed by atoms with Crippen LogP contribution in [0.15, 0.2) is 12.2 Å². The Kier molecular flexibility index (Phi) is 6.64. The molecule has 2 saturated heterocycles. The highest BCUT2D eigenvalue weighted by atomic mass is 16.6. The number of esters is 1. The first-order chi connectivity index (χ1) is 14.0. The van der Waals surface area contributed by atoms with E-state index in [1.54, 1.807) is 0 Å². The highest BCUT2D eigenvalue weighted by Gasteiger charge is 2.55. The van der Waals surface area contributed by atoms with Gasteiger partial charge in [0.05, 0.1) is 25.7 Å². The van der Waals surface area contributed by atoms with Crippen molar-refractivity contribution in [1.82, 2.24) is 9.80 Å². The maximum absolute atomic E-state index is 12.8. The molecule has 0 aromatic rings. The van der Waals surface area contributed by atoms with Gasteiger partial charge < -0.3 is 14.6 Å². The Morgan fingerprint density at radius 1 is 1.24 bits per heavy atom. The van der Waals surface area contributed by atoms with Crippen LogP contribution < -0.4 is 0 Å². The molecule has 0 aromatic heterocycles. The molecule has 0 unspecified atom stereocenters. The fourth-order valence-corrected chi connectivity index (χ4v) is 6.30. The van der Waals surface area contributed by atoms with Gasteiger partial charge in [-0.2, -0.15) is 0 Å². The Balaban J connectivity index is 1.30. The molecule has 164 valence electrons. The molecule has 2 saturated carbocycles. The number of aliphatic hydroxyl groups excluding tert-OH is 1. The molecule has 4 aliphatic rings. The van der Waals surface area contributed by atoms with E-state index in [0.717, 1.165) is 58.5 Å². The van der Waals surface area contributed by atoms with Crippen LogP contribution in [0.25, 0.3) is 0 Å². The van der Waals surface area contributed by atoms with Gasteiger partial charge in [0.1, 0.15) is 6.10 Å². The Bertz CT molecular complexity index is 604. The number of carbonyl (C=O) groups is 1. The summed E-state index contributed by atoms with van der Waals surface area (Å²) in [6.45, 7) is 13.7. The van der Waals surface area contributed by atoms with E-state index >= 15 is 0 Å². The second-order valence-corrected chi connectivity index (χ2v) is 9.88. The Hall–Kier alpha value is -0.950. The topological polar surface area (TPSA) is 62.2 Å². The van der Waals surface area contributed by atoms with Gasteiger partial charge in [0.15, 0.2) is 0 Å². The molecule has 6 heteroatoms. The average Bonchev–Trinajstić information content (AvgIpc) is 2.99. The minimum atomic E-state index is 0.0266. The second-order valence-electron chi connectivity index (χ2n) is 9.88. The zero-order chi connectivity index (χ0) is 20.4. The summed E-state index contributed by atoms with van der Waals surface area (Å²) in [5.41, 5.74) is 1.68. The molecule has 4 rings (SSSR count). The lowest BCUT2D eigenvalue weighted by Crippen LogP contribution is -2.50. The van der Waals surface area contributed by atoms with Gasteiger partial charge >= 0.3 is 5.97 Å². The van der Waals surface area contributed by atoms with Crippen molar-refractivity contribution in [2.75, 3.05) is 59.1 Å². The lowest BCUT2D eigenvalue weighted by Gasteiger charge is -2.50. The number of allylic oxidation sites excluding steroid dienone is 1. The third-order valence-electron chi connectivity index (χ3n) is 8.03. The van der Waals surface area contributed by atoms with Gasteiger partial charge in [-0.25, -0.2) is 0 Å². The molecule has 2 aliphatic heterocycles. The molecular formula is C23H38N2O4. The number of carbonyl (C=O) groups excluding carboxylic acids is 1. The quantitative estimate of drug-likeness (QED) is 0.396. The number of aliphatic hydroxyl groups is 1. The molecule has 6 nitrogen and oxygen atoms in total. The number of hydrogen-bond donors (Lipinski definition) is 1. The van der Waals surface area contributed by atoms with Crippen molar-refractivity contribution in [2.24, 2.45) is 23.2 Å². The standard InChI is InChI=1S/C23H38N2O4/c1-17-4-3-5-23(2)15-21-18(14-20(17)23)19(22(27)29-21)16-25-8-6-24(7-9-25)10-12-28-13-11-26/h18-21,26H,1,3-16H2,2H3/t18-,19-,20+,21-,23-/m1/s1. The maximum Gasteiger partial charge on any atom is 0.310 e. The largest absolute Gasteiger partial charge is 0.462 e. The summed E-state index contributed by atoms with van der Waals surface area (Å²) in [5.74, 6) is 0.983. The van der Waals surface area contributed by atoms with E-state index in [2.05, 4.69) is 23.3 Å². The van der Waals surface area contributed by atoms with Crippen LogP contribution in [0.4, 0.5) is 0 Å². The predicted molar refractivity (Wildman–Crippen MR) is 111 cm³/mol. The van der Waals surface area contributed by atoms with Crippen molar-refractivity contribution in [2.45, 2.75) is 45.1 Å². The molecule has 0 spiro atoms. The van der Waals surface area contributed by atoms with E-state index in [-0.39, 0.29) is 30.0 Å². The van der Waals surface area contributed by atoms with E-state index in [4.69, 9.17) is 14.6 Å². The van der Waals surface area contributed by atoms with Crippen LogP contribution in [0, 0.1) is 23.2 Å². The monoisotopic (exact) mass is 406 g/mol. The van der Waals surface area contributed by atoms with E-state index in [1.165, 1.54) is 18.4 Å². The van der Waals surface area contributed by atoms with Crippen molar-refractivity contribution in [3.63, 3.8) is 0 Å². The first-order valence-corrected chi connectivity index (χ1v) is 11.5. The van der Waals surface area contributed by atoms with Crippen molar-refractivity contribution >= 4 is 5.97 Å². The van der Waals surface area contributed by atoms with Crippen LogP contribution in [0.5, 0.6) is 0 Å². The highest BCUT2D eigenvalue weighted by Crippen LogP contribution is 2.56. The fraction of sp³-hybridized carbons (Fsp3) is 0.870. The molecule has 0 radical (unpaired) electrons. The molecule has 0 amide bonds. The van der Waals surface area contributed by atoms with Crippen molar-refractivity contribution in [1.29, 1.82) is 0 Å². The third kappa shape index (κ3) is 4.55. The van der Waals surface area contributed by atoms with E-state index < -0.39 is 0 Å². The summed E-state index contributed by atoms with van der Waals surface area (Å²) < 4.78 is 11.3. The molecule has 2 heterocycles. The number of nitrogens with zero attached hydrogens (tertiary/aromatic N) is 2. The van der Waals surface area contributed by atoms with Gasteiger partial charge in [0.25, 0.3) is 0 Å². The molecule has 29 heavy (non-hydrogen) atoms. The molecule has 0 bridgehead atoms. The highest BCUT2D eigenvalue weighted by molar-refractivity contribution is 5.75. The average molecular weight is 407 g/mol. The Morgan fingerprint density at radius 2 is 2.00 bits per heavy atom. The molecule has 2 aliphatic carbocycles. The van der Waals surface area contributed by atoms with Gasteiger partial charge in [-0.05, 0) is 43.4 Å². The van der Waals surface area contributed by atoms with Crippen LogP contribution in [0.2, 0.25) is 0 Å². The normalized spacial score (nSPS) is 38.6. The summed E-state index contributed by atoms with van der Waals surface area (Å²) in [6.07, 6.45) is 5.84. The van der Waals surface area contributed by atoms with Crippen LogP contribution in [0.1, 0.15) is 39.0 Å². The summed E-state index contributed by atoms with van der Waals surface area (Å²) >= 11 is 0. The Morgan fingerprint density at radius 3 is 2.76 bits per heavy atom. The van der Waals surface area contributed by atoms with Gasteiger partial charge in [-0.3, -0.25) is 14.6 Å². The Labute approximate surface area is 175 Å². The molecular weight excluding hydrogens is 368 g/mol. The zero-order valence-electron chi connectivity index (χ0n) is 18.0. The first-order valence-electron chi connectivity index (χ1n) is 11.5. The lowest BCUT2D eigenvalue weighted by molar-refractivity contribution is -0.146. The lowest BCUT2D eigenvalue weighted by atomic mass is 9.55. The van der Waals surface area contributed by atoms with E-state index in [9.17, 15) is 4.79 Å². The first kappa shape index (κ1) is 21.3. The van der Waals surface area contributed by atoms with Crippen molar-refractivity contribution < 1.29 is 19.4 Å². The molecule has 0 aromatic carbocycles. The summed E-state index contributed by atoms with van der Waals surface area (Å²) in [7, 11) is 0. The zero-order valence-corrected chi connectivity index (χ0v) is 18.0. The minimum Gasteiger partial charge on any atom is -0.462 e. The summed E-state index contributed by atoms with van der Waals surface area (Å²) in [4.78, 5) is 17.6. The van der Waals surface area contributed by atoms with Crippen molar-refractivity contribution in [3.05, 3.63) is 12.2 Å². The number of piperazine rings is 1. The van der Waals surface area contributed by atoms with E-state index in [0.29, 0.717) is 25.0 Å². The van der Waals surface area contributed by atoms with Crippen LogP contribution in [-0.2, 0) is 14.3 Å². The smallest absolute Gasteiger partial charge is 0.310 e.